The Morgan fingerprint density at radius 2 is 2.03 bits per heavy atom. The Labute approximate surface area is 192 Å². The number of anilines is 1. The fourth-order valence-corrected chi connectivity index (χ4v) is 4.13. The minimum atomic E-state index is -0.347. The molecule has 1 fully saturated rings. The molecule has 2 aliphatic heterocycles. The molecule has 0 aliphatic carbocycles. The van der Waals surface area contributed by atoms with Crippen LogP contribution in [0.4, 0.5) is 5.95 Å². The van der Waals surface area contributed by atoms with Crippen LogP contribution in [0, 0.1) is 0 Å². The Morgan fingerprint density at radius 3 is 2.75 bits per heavy atom. The first kappa shape index (κ1) is 22.5. The monoisotopic (exact) mass is 457 g/mol. The van der Waals surface area contributed by atoms with E-state index < -0.39 is 0 Å². The van der Waals surface area contributed by atoms with Crippen molar-refractivity contribution in [1.82, 2.24) is 20.2 Å². The van der Waals surface area contributed by atoms with Gasteiger partial charge in [0.1, 0.15) is 6.54 Å². The summed E-state index contributed by atoms with van der Waals surface area (Å²) in [7, 11) is 0. The lowest BCUT2D eigenvalue weighted by atomic mass is 10.0. The molecule has 1 aromatic heterocycles. The van der Waals surface area contributed by atoms with Crippen molar-refractivity contribution < 1.29 is 14.3 Å². The van der Waals surface area contributed by atoms with Crippen LogP contribution < -0.4 is 10.6 Å². The van der Waals surface area contributed by atoms with Crippen molar-refractivity contribution in [2.24, 2.45) is 0 Å². The van der Waals surface area contributed by atoms with Crippen LogP contribution in [-0.2, 0) is 16.1 Å². The van der Waals surface area contributed by atoms with Gasteiger partial charge in [-0.15, -0.1) is 0 Å². The highest BCUT2D eigenvalue weighted by Gasteiger charge is 2.30. The number of carbonyl (C=O) groups excluding carboxylic acids is 2. The highest BCUT2D eigenvalue weighted by molar-refractivity contribution is 6.33. The van der Waals surface area contributed by atoms with Gasteiger partial charge in [-0.1, -0.05) is 23.7 Å². The lowest BCUT2D eigenvalue weighted by Crippen LogP contribution is -2.46. The molecule has 9 heteroatoms. The van der Waals surface area contributed by atoms with Gasteiger partial charge in [0.25, 0.3) is 5.91 Å². The van der Waals surface area contributed by atoms with E-state index in [0.29, 0.717) is 28.8 Å². The molecule has 0 radical (unpaired) electrons. The molecule has 32 heavy (non-hydrogen) atoms. The number of hydrogen-bond donors (Lipinski definition) is 2. The third kappa shape index (κ3) is 5.19. The molecule has 8 nitrogen and oxygen atoms in total. The summed E-state index contributed by atoms with van der Waals surface area (Å²) >= 11 is 6.40. The van der Waals surface area contributed by atoms with Crippen LogP contribution in [0.2, 0.25) is 5.02 Å². The molecule has 0 unspecified atom stereocenters. The summed E-state index contributed by atoms with van der Waals surface area (Å²) in [5, 5.41) is 6.65. The van der Waals surface area contributed by atoms with Gasteiger partial charge in [0.05, 0.1) is 16.9 Å². The Morgan fingerprint density at radius 1 is 1.28 bits per heavy atom. The van der Waals surface area contributed by atoms with E-state index in [9.17, 15) is 9.59 Å². The summed E-state index contributed by atoms with van der Waals surface area (Å²) in [5.74, 6) is 0.154. The topological polar surface area (TPSA) is 96.5 Å². The van der Waals surface area contributed by atoms with Crippen molar-refractivity contribution in [1.29, 1.82) is 0 Å². The van der Waals surface area contributed by atoms with Crippen molar-refractivity contribution in [2.45, 2.75) is 51.7 Å². The SMILES string of the molecule is CC(C)(C)NC(=O)CN1Cc2ccc(-c3nc(NC4CCOCC4)ncc3Cl)cc2C1=O. The molecular weight excluding hydrogens is 430 g/mol. The van der Waals surface area contributed by atoms with Crippen LogP contribution in [0.3, 0.4) is 0 Å². The Kier molecular flexibility index (Phi) is 6.35. The van der Waals surface area contributed by atoms with E-state index in [-0.39, 0.29) is 29.9 Å². The highest BCUT2D eigenvalue weighted by atomic mass is 35.5. The first-order chi connectivity index (χ1) is 15.2. The first-order valence-electron chi connectivity index (χ1n) is 10.8. The standard InChI is InChI=1S/C23H28ClN5O3/c1-23(2,3)28-19(30)13-29-12-15-5-4-14(10-17(15)21(29)31)20-18(24)11-25-22(27-20)26-16-6-8-32-9-7-16/h4-5,10-11,16H,6-9,12-13H2,1-3H3,(H,28,30)(H,25,26,27). The van der Waals surface area contributed by atoms with Crippen LogP contribution in [0.5, 0.6) is 0 Å². The summed E-state index contributed by atoms with van der Waals surface area (Å²) in [5.41, 5.74) is 2.41. The molecule has 0 spiro atoms. The maximum Gasteiger partial charge on any atom is 0.254 e. The third-order valence-electron chi connectivity index (χ3n) is 5.41. The van der Waals surface area contributed by atoms with Gasteiger partial charge >= 0.3 is 0 Å². The first-order valence-corrected chi connectivity index (χ1v) is 11.2. The molecule has 2 amide bonds. The second kappa shape index (κ2) is 9.03. The van der Waals surface area contributed by atoms with Gasteiger partial charge in [0.2, 0.25) is 11.9 Å². The molecule has 4 rings (SSSR count). The maximum absolute atomic E-state index is 13.0. The van der Waals surface area contributed by atoms with Crippen molar-refractivity contribution in [3.05, 3.63) is 40.5 Å². The maximum atomic E-state index is 13.0. The normalized spacial score (nSPS) is 16.8. The van der Waals surface area contributed by atoms with Crippen LogP contribution in [-0.4, -0.2) is 58.0 Å². The second-order valence-corrected chi connectivity index (χ2v) is 9.66. The molecule has 2 aliphatic rings. The number of rotatable bonds is 5. The minimum absolute atomic E-state index is 0.0214. The molecule has 170 valence electrons. The molecule has 2 N–H and O–H groups in total. The van der Waals surface area contributed by atoms with Gasteiger partial charge in [0, 0.05) is 42.5 Å². The van der Waals surface area contributed by atoms with Gasteiger partial charge in [-0.05, 0) is 45.2 Å². The molecule has 3 heterocycles. The number of halogens is 1. The smallest absolute Gasteiger partial charge is 0.254 e. The van der Waals surface area contributed by atoms with Crippen molar-refractivity contribution in [2.75, 3.05) is 25.1 Å². The number of benzene rings is 1. The van der Waals surface area contributed by atoms with E-state index in [1.807, 2.05) is 32.9 Å². The number of aromatic nitrogens is 2. The van der Waals surface area contributed by atoms with Crippen molar-refractivity contribution in [3.8, 4) is 11.3 Å². The van der Waals surface area contributed by atoms with Crippen molar-refractivity contribution in [3.63, 3.8) is 0 Å². The zero-order valence-electron chi connectivity index (χ0n) is 18.6. The number of fused-ring (bicyclic) bond motifs is 1. The highest BCUT2D eigenvalue weighted by Crippen LogP contribution is 2.31. The summed E-state index contributed by atoms with van der Waals surface area (Å²) < 4.78 is 5.40. The van der Waals surface area contributed by atoms with Gasteiger partial charge in [0.15, 0.2) is 0 Å². The van der Waals surface area contributed by atoms with Gasteiger partial charge in [-0.2, -0.15) is 0 Å². The molecule has 1 aromatic carbocycles. The summed E-state index contributed by atoms with van der Waals surface area (Å²) in [6.45, 7) is 7.59. The lowest BCUT2D eigenvalue weighted by molar-refractivity contribution is -0.123. The Hall–Kier alpha value is -2.71. The number of nitrogens with one attached hydrogen (secondary N) is 2. The van der Waals surface area contributed by atoms with E-state index in [2.05, 4.69) is 20.6 Å². The molecule has 1 saturated heterocycles. The second-order valence-electron chi connectivity index (χ2n) is 9.25. The fraction of sp³-hybridized carbons (Fsp3) is 0.478. The number of hydrogen-bond acceptors (Lipinski definition) is 6. The minimum Gasteiger partial charge on any atom is -0.381 e. The summed E-state index contributed by atoms with van der Waals surface area (Å²) in [6, 6.07) is 5.85. The molecule has 0 atom stereocenters. The van der Waals surface area contributed by atoms with E-state index in [1.54, 1.807) is 17.2 Å². The van der Waals surface area contributed by atoms with E-state index in [0.717, 1.165) is 37.2 Å². The van der Waals surface area contributed by atoms with Gasteiger partial charge in [-0.25, -0.2) is 9.97 Å². The van der Waals surface area contributed by atoms with E-state index in [1.165, 1.54) is 0 Å². The van der Waals surface area contributed by atoms with Crippen molar-refractivity contribution >= 4 is 29.4 Å². The Balaban J connectivity index is 1.52. The Bertz CT molecular complexity index is 1030. The number of nitrogens with zero attached hydrogens (tertiary/aromatic N) is 3. The lowest BCUT2D eigenvalue weighted by Gasteiger charge is -2.23. The van der Waals surface area contributed by atoms with E-state index in [4.69, 9.17) is 16.3 Å². The zero-order valence-corrected chi connectivity index (χ0v) is 19.3. The zero-order chi connectivity index (χ0) is 22.9. The number of ether oxygens (including phenoxy) is 1. The number of amides is 2. The van der Waals surface area contributed by atoms with Crippen LogP contribution in [0.25, 0.3) is 11.3 Å². The molecule has 0 saturated carbocycles. The molecular formula is C23H28ClN5O3. The fourth-order valence-electron chi connectivity index (χ4n) is 3.93. The molecule has 0 bridgehead atoms. The third-order valence-corrected chi connectivity index (χ3v) is 5.69. The summed E-state index contributed by atoms with van der Waals surface area (Å²) in [6.07, 6.45) is 3.37. The van der Waals surface area contributed by atoms with Crippen LogP contribution in [0.15, 0.2) is 24.4 Å². The average molecular weight is 458 g/mol. The number of carbonyl (C=O) groups is 2. The molecule has 2 aromatic rings. The largest absolute Gasteiger partial charge is 0.381 e. The van der Waals surface area contributed by atoms with Crippen LogP contribution >= 0.6 is 11.6 Å². The van der Waals surface area contributed by atoms with E-state index >= 15 is 0 Å². The van der Waals surface area contributed by atoms with Crippen LogP contribution in [0.1, 0.15) is 49.5 Å². The predicted molar refractivity (Wildman–Crippen MR) is 123 cm³/mol. The quantitative estimate of drug-likeness (QED) is 0.715. The predicted octanol–water partition coefficient (Wildman–Crippen LogP) is 3.26. The van der Waals surface area contributed by atoms with Gasteiger partial charge < -0.3 is 20.3 Å². The van der Waals surface area contributed by atoms with Gasteiger partial charge in [-0.3, -0.25) is 9.59 Å². The average Bonchev–Trinajstić information content (AvgIpc) is 3.03. The summed E-state index contributed by atoms with van der Waals surface area (Å²) in [4.78, 5) is 35.7.